The molecule has 0 aliphatic carbocycles. The third-order valence-corrected chi connectivity index (χ3v) is 14.7. The number of thiophene rings is 1. The lowest BCUT2D eigenvalue weighted by Crippen LogP contribution is -2.11. The van der Waals surface area contributed by atoms with E-state index in [0.29, 0.717) is 0 Å². The zero-order chi connectivity index (χ0) is 43.3. The summed E-state index contributed by atoms with van der Waals surface area (Å²) in [5, 5.41) is 12.2. The van der Waals surface area contributed by atoms with E-state index in [9.17, 15) is 0 Å². The molecular weight excluding hydrogens is 821 g/mol. The maximum absolute atomic E-state index is 7.04. The second-order valence-corrected chi connectivity index (χ2v) is 18.3. The van der Waals surface area contributed by atoms with Crippen molar-refractivity contribution in [3.63, 3.8) is 0 Å². The fourth-order valence-electron chi connectivity index (χ4n) is 10.7. The van der Waals surface area contributed by atoms with Crippen LogP contribution in [0.3, 0.4) is 0 Å². The lowest BCUT2D eigenvalue weighted by molar-refractivity contribution is 0.670. The zero-order valence-corrected chi connectivity index (χ0v) is 36.5. The molecule has 0 fully saturated rings. The van der Waals surface area contributed by atoms with E-state index < -0.39 is 0 Å². The Morgan fingerprint density at radius 2 is 1.00 bits per heavy atom. The second-order valence-electron chi connectivity index (χ2n) is 17.2. The lowest BCUT2D eigenvalue weighted by Gasteiger charge is -2.28. The van der Waals surface area contributed by atoms with Crippen molar-refractivity contribution < 1.29 is 4.42 Å². The molecule has 3 aromatic heterocycles. The molecule has 3 nitrogen and oxygen atoms in total. The molecule has 0 N–H and O–H groups in total. The van der Waals surface area contributed by atoms with Gasteiger partial charge in [-0.3, -0.25) is 0 Å². The standard InChI is InChI=1S/C62H38N2OS/c1-2-18-44-41(15-1)38-52(47-20-4-3-19-46(44)47)39-31-33-42(34-32-39)63(55-27-14-30-59-60(55)51-24-8-12-29-58(51)66-59)56-36-35-45(62-61(56)50-23-7-11-28-57(50)65-62)40-16-13-17-43(37-40)64-53-25-9-5-21-48(53)49-22-6-10-26-54(49)64/h1-38H. The van der Waals surface area contributed by atoms with Gasteiger partial charge in [0.15, 0.2) is 0 Å². The van der Waals surface area contributed by atoms with Gasteiger partial charge in [0.2, 0.25) is 0 Å². The highest BCUT2D eigenvalue weighted by molar-refractivity contribution is 7.26. The molecule has 0 saturated heterocycles. The van der Waals surface area contributed by atoms with E-state index in [2.05, 4.69) is 240 Å². The monoisotopic (exact) mass is 858 g/mol. The van der Waals surface area contributed by atoms with E-state index in [-0.39, 0.29) is 0 Å². The summed E-state index contributed by atoms with van der Waals surface area (Å²) < 4.78 is 11.9. The van der Waals surface area contributed by atoms with Crippen molar-refractivity contribution in [3.05, 3.63) is 231 Å². The smallest absolute Gasteiger partial charge is 0.145 e. The zero-order valence-electron chi connectivity index (χ0n) is 35.7. The molecule has 0 saturated carbocycles. The molecule has 0 aliphatic heterocycles. The van der Waals surface area contributed by atoms with Crippen LogP contribution in [-0.4, -0.2) is 4.57 Å². The van der Waals surface area contributed by atoms with Gasteiger partial charge in [-0.15, -0.1) is 11.3 Å². The maximum Gasteiger partial charge on any atom is 0.145 e. The van der Waals surface area contributed by atoms with Gasteiger partial charge in [-0.1, -0.05) is 152 Å². The third-order valence-electron chi connectivity index (χ3n) is 13.6. The Morgan fingerprint density at radius 1 is 0.379 bits per heavy atom. The Bertz CT molecular complexity index is 4190. The summed E-state index contributed by atoms with van der Waals surface area (Å²) in [5.74, 6) is 0. The highest BCUT2D eigenvalue weighted by Crippen LogP contribution is 2.50. The Balaban J connectivity index is 1.000. The van der Waals surface area contributed by atoms with Gasteiger partial charge in [-0.05, 0) is 117 Å². The number of hydrogen-bond acceptors (Lipinski definition) is 3. The average Bonchev–Trinajstić information content (AvgIpc) is 4.07. The fourth-order valence-corrected chi connectivity index (χ4v) is 11.8. The SMILES string of the molecule is c1cc(-c2ccc(N(c3ccc(-c4cc5ccccc5c5ccccc45)cc3)c3cccc4sc5ccccc5c34)c3c2oc2ccccc23)cc(-n2c3ccccc3c3ccccc32)c1. The molecule has 0 atom stereocenters. The predicted molar refractivity (Wildman–Crippen MR) is 282 cm³/mol. The third kappa shape index (κ3) is 5.55. The molecule has 0 radical (unpaired) electrons. The summed E-state index contributed by atoms with van der Waals surface area (Å²) in [6.07, 6.45) is 0. The number of anilines is 3. The van der Waals surface area contributed by atoms with Gasteiger partial charge in [-0.2, -0.15) is 0 Å². The van der Waals surface area contributed by atoms with Gasteiger partial charge in [0.25, 0.3) is 0 Å². The van der Waals surface area contributed by atoms with Crippen LogP contribution in [0.15, 0.2) is 235 Å². The Morgan fingerprint density at radius 3 is 1.80 bits per heavy atom. The quantitative estimate of drug-likeness (QED) is 0.155. The minimum absolute atomic E-state index is 0.859. The molecule has 11 aromatic carbocycles. The summed E-state index contributed by atoms with van der Waals surface area (Å²) >= 11 is 1.85. The van der Waals surface area contributed by atoms with Gasteiger partial charge < -0.3 is 13.9 Å². The van der Waals surface area contributed by atoms with Crippen LogP contribution < -0.4 is 4.90 Å². The van der Waals surface area contributed by atoms with Gasteiger partial charge >= 0.3 is 0 Å². The number of hydrogen-bond donors (Lipinski definition) is 0. The minimum Gasteiger partial charge on any atom is -0.455 e. The number of benzene rings is 11. The van der Waals surface area contributed by atoms with Crippen LogP contribution >= 0.6 is 11.3 Å². The number of fused-ring (bicyclic) bond motifs is 12. The van der Waals surface area contributed by atoms with Gasteiger partial charge in [0.05, 0.1) is 27.8 Å². The number of aromatic nitrogens is 1. The van der Waals surface area contributed by atoms with Crippen LogP contribution in [0.1, 0.15) is 0 Å². The van der Waals surface area contributed by atoms with E-state index in [1.54, 1.807) is 0 Å². The summed E-state index contributed by atoms with van der Waals surface area (Å²) in [7, 11) is 0. The summed E-state index contributed by atoms with van der Waals surface area (Å²) in [5.41, 5.74) is 13.0. The van der Waals surface area contributed by atoms with E-state index in [0.717, 1.165) is 55.8 Å². The van der Waals surface area contributed by atoms with Gasteiger partial charge in [0.1, 0.15) is 11.2 Å². The van der Waals surface area contributed by atoms with Crippen molar-refractivity contribution in [2.75, 3.05) is 4.90 Å². The molecule has 14 rings (SSSR count). The van der Waals surface area contributed by atoms with Gasteiger partial charge in [-0.25, -0.2) is 0 Å². The normalized spacial score (nSPS) is 11.9. The van der Waals surface area contributed by atoms with E-state index in [4.69, 9.17) is 4.42 Å². The van der Waals surface area contributed by atoms with Gasteiger partial charge in [0, 0.05) is 53.3 Å². The maximum atomic E-state index is 7.04. The summed E-state index contributed by atoms with van der Waals surface area (Å²) in [6, 6.07) is 83.9. The molecule has 0 bridgehead atoms. The van der Waals surface area contributed by atoms with Crippen molar-refractivity contribution in [3.8, 4) is 27.9 Å². The first-order valence-corrected chi connectivity index (χ1v) is 23.3. The molecule has 0 spiro atoms. The Hall–Kier alpha value is -8.44. The first kappa shape index (κ1) is 37.0. The topological polar surface area (TPSA) is 21.3 Å². The first-order valence-electron chi connectivity index (χ1n) is 22.5. The number of para-hydroxylation sites is 3. The van der Waals surface area contributed by atoms with E-state index in [1.165, 1.54) is 74.6 Å². The second kappa shape index (κ2) is 14.5. The number of rotatable bonds is 6. The lowest BCUT2D eigenvalue weighted by atomic mass is 9.93. The minimum atomic E-state index is 0.859. The molecule has 0 unspecified atom stereocenters. The van der Waals surface area contributed by atoms with Crippen LogP contribution in [0.4, 0.5) is 17.1 Å². The van der Waals surface area contributed by atoms with E-state index in [1.807, 2.05) is 11.3 Å². The first-order chi connectivity index (χ1) is 32.7. The largest absolute Gasteiger partial charge is 0.455 e. The fraction of sp³-hybridized carbons (Fsp3) is 0. The summed E-state index contributed by atoms with van der Waals surface area (Å²) in [4.78, 5) is 2.46. The molecule has 14 aromatic rings. The number of furan rings is 1. The van der Waals surface area contributed by atoms with Crippen molar-refractivity contribution in [2.24, 2.45) is 0 Å². The van der Waals surface area contributed by atoms with Crippen molar-refractivity contribution >= 4 is 114 Å². The highest BCUT2D eigenvalue weighted by atomic mass is 32.1. The predicted octanol–water partition coefficient (Wildman–Crippen LogP) is 18.2. The van der Waals surface area contributed by atoms with Crippen LogP contribution in [0.5, 0.6) is 0 Å². The summed E-state index contributed by atoms with van der Waals surface area (Å²) in [6.45, 7) is 0. The highest BCUT2D eigenvalue weighted by Gasteiger charge is 2.25. The van der Waals surface area contributed by atoms with Crippen LogP contribution in [0, 0.1) is 0 Å². The Kier molecular flexibility index (Phi) is 8.15. The molecule has 308 valence electrons. The molecule has 4 heteroatoms. The van der Waals surface area contributed by atoms with E-state index >= 15 is 0 Å². The van der Waals surface area contributed by atoms with Crippen LogP contribution in [0.25, 0.3) is 113 Å². The number of nitrogens with zero attached hydrogens (tertiary/aromatic N) is 2. The Labute approximate surface area is 384 Å². The molecular formula is C62H38N2OS. The van der Waals surface area contributed by atoms with Crippen molar-refractivity contribution in [2.45, 2.75) is 0 Å². The average molecular weight is 859 g/mol. The van der Waals surface area contributed by atoms with Crippen LogP contribution in [-0.2, 0) is 0 Å². The molecule has 0 amide bonds. The van der Waals surface area contributed by atoms with Crippen molar-refractivity contribution in [1.29, 1.82) is 0 Å². The molecule has 3 heterocycles. The van der Waals surface area contributed by atoms with Crippen LogP contribution in [0.2, 0.25) is 0 Å². The molecule has 0 aliphatic rings. The van der Waals surface area contributed by atoms with Crippen molar-refractivity contribution in [1.82, 2.24) is 4.57 Å². The molecule has 66 heavy (non-hydrogen) atoms.